The van der Waals surface area contributed by atoms with Crippen LogP contribution in [0.1, 0.15) is 59.8 Å². The second-order valence-electron chi connectivity index (χ2n) is 5.45. The van der Waals surface area contributed by atoms with Crippen LogP contribution in [0.4, 0.5) is 0 Å². The van der Waals surface area contributed by atoms with E-state index in [-0.39, 0.29) is 0 Å². The summed E-state index contributed by atoms with van der Waals surface area (Å²) >= 11 is 0. The molecule has 3 nitrogen and oxygen atoms in total. The van der Waals surface area contributed by atoms with E-state index in [1.165, 1.54) is 25.8 Å². The summed E-state index contributed by atoms with van der Waals surface area (Å²) in [5.74, 6) is 0. The summed E-state index contributed by atoms with van der Waals surface area (Å²) in [6.45, 7) is 11.2. The normalized spacial score (nSPS) is 17.1. The van der Waals surface area contributed by atoms with Gasteiger partial charge < -0.3 is 15.7 Å². The van der Waals surface area contributed by atoms with Gasteiger partial charge in [-0.25, -0.2) is 0 Å². The fourth-order valence-electron chi connectivity index (χ4n) is 1.94. The molecule has 0 spiro atoms. The monoisotopic (exact) mass is 244 g/mol. The molecule has 0 aliphatic heterocycles. The summed E-state index contributed by atoms with van der Waals surface area (Å²) in [4.78, 5) is 2.54. The van der Waals surface area contributed by atoms with Gasteiger partial charge in [-0.2, -0.15) is 0 Å². The number of aliphatic hydroxyl groups is 1. The Labute approximate surface area is 107 Å². The number of nitrogens with two attached hydrogens (primary N) is 1. The Balaban J connectivity index is 3.98. The predicted molar refractivity (Wildman–Crippen MR) is 75.1 cm³/mol. The van der Waals surface area contributed by atoms with Crippen molar-refractivity contribution >= 4 is 0 Å². The maximum atomic E-state index is 9.86. The lowest BCUT2D eigenvalue weighted by Crippen LogP contribution is -2.38. The van der Waals surface area contributed by atoms with Crippen LogP contribution in [0.25, 0.3) is 0 Å². The molecule has 0 aliphatic carbocycles. The van der Waals surface area contributed by atoms with Gasteiger partial charge in [0.25, 0.3) is 0 Å². The molecule has 0 radical (unpaired) electrons. The predicted octanol–water partition coefficient (Wildman–Crippen LogP) is 2.38. The molecule has 3 heteroatoms. The largest absolute Gasteiger partial charge is 0.389 e. The summed E-state index contributed by atoms with van der Waals surface area (Å²) in [5.41, 5.74) is 4.84. The Kier molecular flexibility index (Phi) is 8.83. The third-order valence-corrected chi connectivity index (χ3v) is 3.61. The maximum Gasteiger partial charge on any atom is 0.0741 e. The molecule has 0 saturated carbocycles. The van der Waals surface area contributed by atoms with Crippen LogP contribution in [0, 0.1) is 0 Å². The zero-order valence-electron chi connectivity index (χ0n) is 12.2. The molecule has 0 bridgehead atoms. The quantitative estimate of drug-likeness (QED) is 0.620. The van der Waals surface area contributed by atoms with Crippen LogP contribution in [-0.2, 0) is 0 Å². The number of nitrogens with zero attached hydrogens (tertiary/aromatic N) is 1. The minimum Gasteiger partial charge on any atom is -0.389 e. The van der Waals surface area contributed by atoms with Gasteiger partial charge in [0.05, 0.1) is 5.60 Å². The van der Waals surface area contributed by atoms with Gasteiger partial charge in [-0.05, 0) is 52.6 Å². The van der Waals surface area contributed by atoms with Crippen molar-refractivity contribution in [1.29, 1.82) is 0 Å². The highest BCUT2D eigenvalue weighted by atomic mass is 16.3. The van der Waals surface area contributed by atoms with Crippen molar-refractivity contribution in [2.45, 2.75) is 71.4 Å². The minimum absolute atomic E-state index is 0.352. The second kappa shape index (κ2) is 8.90. The first-order valence-corrected chi connectivity index (χ1v) is 7.13. The Hall–Kier alpha value is -0.120. The SMILES string of the molecule is CCCCN(CCCC(C)(O)CN)C(C)CC. The Morgan fingerprint density at radius 2 is 1.82 bits per heavy atom. The Morgan fingerprint density at radius 1 is 1.24 bits per heavy atom. The molecule has 2 unspecified atom stereocenters. The molecule has 0 rings (SSSR count). The molecule has 0 heterocycles. The van der Waals surface area contributed by atoms with Crippen molar-refractivity contribution < 1.29 is 5.11 Å². The average Bonchev–Trinajstić information content (AvgIpc) is 2.32. The summed E-state index contributed by atoms with van der Waals surface area (Å²) in [7, 11) is 0. The van der Waals surface area contributed by atoms with Crippen LogP contribution in [-0.4, -0.2) is 41.3 Å². The van der Waals surface area contributed by atoms with Gasteiger partial charge in [0.15, 0.2) is 0 Å². The number of rotatable bonds is 10. The first-order valence-electron chi connectivity index (χ1n) is 7.13. The second-order valence-corrected chi connectivity index (χ2v) is 5.45. The highest BCUT2D eigenvalue weighted by Gasteiger charge is 2.18. The van der Waals surface area contributed by atoms with Crippen molar-refractivity contribution in [3.63, 3.8) is 0 Å². The van der Waals surface area contributed by atoms with Crippen molar-refractivity contribution in [2.24, 2.45) is 5.73 Å². The van der Waals surface area contributed by atoms with Crippen LogP contribution < -0.4 is 5.73 Å². The fourth-order valence-corrected chi connectivity index (χ4v) is 1.94. The molecule has 0 saturated heterocycles. The highest BCUT2D eigenvalue weighted by Crippen LogP contribution is 2.13. The first kappa shape index (κ1) is 16.9. The fraction of sp³-hybridized carbons (Fsp3) is 1.00. The van der Waals surface area contributed by atoms with E-state index in [2.05, 4.69) is 25.7 Å². The van der Waals surface area contributed by atoms with E-state index in [4.69, 9.17) is 5.73 Å². The Morgan fingerprint density at radius 3 is 2.29 bits per heavy atom. The average molecular weight is 244 g/mol. The third kappa shape index (κ3) is 7.74. The van der Waals surface area contributed by atoms with Crippen LogP contribution in [0.5, 0.6) is 0 Å². The van der Waals surface area contributed by atoms with Crippen LogP contribution in [0.2, 0.25) is 0 Å². The molecular weight excluding hydrogens is 212 g/mol. The molecule has 17 heavy (non-hydrogen) atoms. The summed E-state index contributed by atoms with van der Waals surface area (Å²) < 4.78 is 0. The molecule has 104 valence electrons. The van der Waals surface area contributed by atoms with Crippen LogP contribution in [0.3, 0.4) is 0 Å². The molecule has 0 amide bonds. The van der Waals surface area contributed by atoms with E-state index in [9.17, 15) is 5.11 Å². The van der Waals surface area contributed by atoms with Crippen molar-refractivity contribution in [3.8, 4) is 0 Å². The van der Waals surface area contributed by atoms with E-state index in [1.807, 2.05) is 6.92 Å². The molecule has 0 aromatic rings. The van der Waals surface area contributed by atoms with Crippen LogP contribution >= 0.6 is 0 Å². The highest BCUT2D eigenvalue weighted by molar-refractivity contribution is 4.75. The van der Waals surface area contributed by atoms with Crippen molar-refractivity contribution in [3.05, 3.63) is 0 Å². The van der Waals surface area contributed by atoms with Crippen LogP contribution in [0.15, 0.2) is 0 Å². The lowest BCUT2D eigenvalue weighted by atomic mass is 10.00. The van der Waals surface area contributed by atoms with E-state index < -0.39 is 5.60 Å². The molecular formula is C14H32N2O. The summed E-state index contributed by atoms with van der Waals surface area (Å²) in [5, 5.41) is 9.86. The van der Waals surface area contributed by atoms with Gasteiger partial charge >= 0.3 is 0 Å². The smallest absolute Gasteiger partial charge is 0.0741 e. The van der Waals surface area contributed by atoms with Gasteiger partial charge in [0.2, 0.25) is 0 Å². The zero-order chi connectivity index (χ0) is 13.3. The minimum atomic E-state index is -0.689. The lowest BCUT2D eigenvalue weighted by Gasteiger charge is -2.30. The van der Waals surface area contributed by atoms with E-state index in [0.717, 1.165) is 19.4 Å². The van der Waals surface area contributed by atoms with Gasteiger partial charge in [0.1, 0.15) is 0 Å². The van der Waals surface area contributed by atoms with Crippen molar-refractivity contribution in [2.75, 3.05) is 19.6 Å². The molecule has 2 atom stereocenters. The lowest BCUT2D eigenvalue weighted by molar-refractivity contribution is 0.0524. The standard InChI is InChI=1S/C14H32N2O/c1-5-7-10-16(13(3)6-2)11-8-9-14(4,17)12-15/h13,17H,5-12,15H2,1-4H3. The third-order valence-electron chi connectivity index (χ3n) is 3.61. The number of unbranched alkanes of at least 4 members (excludes halogenated alkanes) is 1. The van der Waals surface area contributed by atoms with Gasteiger partial charge in [-0.15, -0.1) is 0 Å². The topological polar surface area (TPSA) is 49.5 Å². The van der Waals surface area contributed by atoms with E-state index >= 15 is 0 Å². The molecule has 0 fully saturated rings. The summed E-state index contributed by atoms with van der Waals surface area (Å²) in [6.07, 6.45) is 5.52. The first-order chi connectivity index (χ1) is 7.96. The zero-order valence-corrected chi connectivity index (χ0v) is 12.2. The van der Waals surface area contributed by atoms with Crippen molar-refractivity contribution in [1.82, 2.24) is 4.90 Å². The number of hydrogen-bond acceptors (Lipinski definition) is 3. The molecule has 0 aromatic heterocycles. The maximum absolute atomic E-state index is 9.86. The van der Waals surface area contributed by atoms with E-state index in [1.54, 1.807) is 0 Å². The molecule has 0 aromatic carbocycles. The van der Waals surface area contributed by atoms with E-state index in [0.29, 0.717) is 12.6 Å². The van der Waals surface area contributed by atoms with Gasteiger partial charge in [-0.1, -0.05) is 20.3 Å². The molecule has 0 aliphatic rings. The summed E-state index contributed by atoms with van der Waals surface area (Å²) in [6, 6.07) is 0.643. The van der Waals surface area contributed by atoms with Gasteiger partial charge in [-0.3, -0.25) is 0 Å². The molecule has 3 N–H and O–H groups in total. The Bertz CT molecular complexity index is 183. The number of hydrogen-bond donors (Lipinski definition) is 2. The van der Waals surface area contributed by atoms with Gasteiger partial charge in [0, 0.05) is 12.6 Å².